The maximum Gasteiger partial charge on any atom is 0.382 e. The van der Waals surface area contributed by atoms with E-state index >= 15 is 0 Å². The molecule has 0 rings (SSSR count). The van der Waals surface area contributed by atoms with Crippen LogP contribution in [-0.4, -0.2) is 17.7 Å². The van der Waals surface area contributed by atoms with E-state index in [0.29, 0.717) is 6.42 Å². The van der Waals surface area contributed by atoms with Crippen molar-refractivity contribution in [2.75, 3.05) is 0 Å². The standard InChI is InChI=1S/C8H12O4/c1-3-5-7(10)12-8(11)6(9)4-2/h3-5H2,1-2H3. The molecule has 0 unspecified atom stereocenters. The molecule has 0 fully saturated rings. The van der Waals surface area contributed by atoms with Crippen LogP contribution < -0.4 is 0 Å². The first-order chi connectivity index (χ1) is 5.61. The molecule has 0 saturated heterocycles. The maximum atomic E-state index is 10.7. The third-order valence-electron chi connectivity index (χ3n) is 1.21. The smallest absolute Gasteiger partial charge is 0.382 e. The zero-order valence-electron chi connectivity index (χ0n) is 7.25. The van der Waals surface area contributed by atoms with Crippen molar-refractivity contribution in [3.8, 4) is 0 Å². The second kappa shape index (κ2) is 5.46. The molecule has 0 aromatic rings. The van der Waals surface area contributed by atoms with Crippen LogP contribution in [0.4, 0.5) is 0 Å². The van der Waals surface area contributed by atoms with Crippen molar-refractivity contribution in [2.45, 2.75) is 33.1 Å². The quantitative estimate of drug-likeness (QED) is 0.358. The summed E-state index contributed by atoms with van der Waals surface area (Å²) >= 11 is 0. The highest BCUT2D eigenvalue weighted by atomic mass is 16.6. The molecule has 12 heavy (non-hydrogen) atoms. The third kappa shape index (κ3) is 3.85. The number of esters is 2. The Morgan fingerprint density at radius 2 is 1.75 bits per heavy atom. The lowest BCUT2D eigenvalue weighted by molar-refractivity contribution is -0.164. The molecule has 0 aliphatic carbocycles. The van der Waals surface area contributed by atoms with Crippen LogP contribution in [0.1, 0.15) is 33.1 Å². The lowest BCUT2D eigenvalue weighted by atomic mass is 10.3. The molecule has 0 aliphatic heterocycles. The van der Waals surface area contributed by atoms with Gasteiger partial charge in [0.2, 0.25) is 5.78 Å². The van der Waals surface area contributed by atoms with Gasteiger partial charge >= 0.3 is 11.9 Å². The number of ketones is 1. The van der Waals surface area contributed by atoms with Crippen molar-refractivity contribution in [2.24, 2.45) is 0 Å². The van der Waals surface area contributed by atoms with Crippen LogP contribution in [0, 0.1) is 0 Å². The largest absolute Gasteiger partial charge is 0.387 e. The summed E-state index contributed by atoms with van der Waals surface area (Å²) in [5.41, 5.74) is 0. The van der Waals surface area contributed by atoms with Crippen LogP contribution in [0.15, 0.2) is 0 Å². The van der Waals surface area contributed by atoms with E-state index in [-0.39, 0.29) is 12.8 Å². The number of hydrogen-bond acceptors (Lipinski definition) is 4. The Morgan fingerprint density at radius 1 is 1.17 bits per heavy atom. The molecular formula is C8H12O4. The van der Waals surface area contributed by atoms with E-state index < -0.39 is 17.7 Å². The SMILES string of the molecule is CCCC(=O)OC(=O)C(=O)CC. The van der Waals surface area contributed by atoms with Crippen molar-refractivity contribution in [3.05, 3.63) is 0 Å². The minimum Gasteiger partial charge on any atom is -0.387 e. The Labute approximate surface area is 70.9 Å². The fraction of sp³-hybridized carbons (Fsp3) is 0.625. The van der Waals surface area contributed by atoms with Crippen LogP contribution in [0.2, 0.25) is 0 Å². The molecule has 0 saturated carbocycles. The first kappa shape index (κ1) is 10.8. The van der Waals surface area contributed by atoms with Crippen molar-refractivity contribution in [1.29, 1.82) is 0 Å². The van der Waals surface area contributed by atoms with E-state index in [0.717, 1.165) is 0 Å². The number of ether oxygens (including phenoxy) is 1. The number of Topliss-reactive ketones (excluding diaryl/α,β-unsaturated/α-hetero) is 1. The van der Waals surface area contributed by atoms with E-state index in [1.807, 2.05) is 0 Å². The zero-order chi connectivity index (χ0) is 9.56. The molecule has 4 nitrogen and oxygen atoms in total. The average molecular weight is 172 g/mol. The van der Waals surface area contributed by atoms with Gasteiger partial charge in [0.1, 0.15) is 0 Å². The molecule has 68 valence electrons. The van der Waals surface area contributed by atoms with Crippen LogP contribution in [-0.2, 0) is 19.1 Å². The highest BCUT2D eigenvalue weighted by Crippen LogP contribution is 1.93. The van der Waals surface area contributed by atoms with Crippen LogP contribution in [0.5, 0.6) is 0 Å². The molecule has 0 bridgehead atoms. The van der Waals surface area contributed by atoms with Gasteiger partial charge in [-0.2, -0.15) is 0 Å². The highest BCUT2D eigenvalue weighted by molar-refractivity contribution is 6.35. The van der Waals surface area contributed by atoms with E-state index in [4.69, 9.17) is 0 Å². The summed E-state index contributed by atoms with van der Waals surface area (Å²) in [4.78, 5) is 32.0. The fourth-order valence-corrected chi connectivity index (χ4v) is 0.560. The molecule has 0 heterocycles. The normalized spacial score (nSPS) is 9.17. The van der Waals surface area contributed by atoms with Gasteiger partial charge in [0.15, 0.2) is 0 Å². The molecule has 0 N–H and O–H groups in total. The molecule has 0 radical (unpaired) electrons. The summed E-state index contributed by atoms with van der Waals surface area (Å²) in [7, 11) is 0. The van der Waals surface area contributed by atoms with Crippen molar-refractivity contribution in [3.63, 3.8) is 0 Å². The van der Waals surface area contributed by atoms with Gasteiger partial charge in [0.05, 0.1) is 0 Å². The summed E-state index contributed by atoms with van der Waals surface area (Å²) in [6.07, 6.45) is 0.841. The van der Waals surface area contributed by atoms with Crippen LogP contribution in [0.3, 0.4) is 0 Å². The monoisotopic (exact) mass is 172 g/mol. The van der Waals surface area contributed by atoms with E-state index in [2.05, 4.69) is 4.74 Å². The highest BCUT2D eigenvalue weighted by Gasteiger charge is 2.16. The zero-order valence-corrected chi connectivity index (χ0v) is 7.25. The average Bonchev–Trinajstić information content (AvgIpc) is 2.03. The number of carbonyl (C=O) groups is 3. The minimum atomic E-state index is -1.05. The van der Waals surface area contributed by atoms with Gasteiger partial charge in [-0.1, -0.05) is 13.8 Å². The minimum absolute atomic E-state index is 0.0677. The Hall–Kier alpha value is -1.19. The summed E-state index contributed by atoms with van der Waals surface area (Å²) < 4.78 is 4.22. The van der Waals surface area contributed by atoms with Gasteiger partial charge in [-0.25, -0.2) is 4.79 Å². The Bertz CT molecular complexity index is 195. The molecule has 0 atom stereocenters. The molecule has 0 aromatic carbocycles. The molecule has 4 heteroatoms. The summed E-state index contributed by atoms with van der Waals surface area (Å²) in [6.45, 7) is 3.32. The Kier molecular flexibility index (Phi) is 4.92. The van der Waals surface area contributed by atoms with Crippen LogP contribution >= 0.6 is 0 Å². The van der Waals surface area contributed by atoms with Gasteiger partial charge in [-0.3, -0.25) is 9.59 Å². The summed E-state index contributed by atoms with van der Waals surface area (Å²) in [5, 5.41) is 0. The van der Waals surface area contributed by atoms with Gasteiger partial charge < -0.3 is 4.74 Å². The molecule has 0 aromatic heterocycles. The first-order valence-electron chi connectivity index (χ1n) is 3.89. The van der Waals surface area contributed by atoms with Gasteiger partial charge in [0, 0.05) is 12.8 Å². The molecule has 0 aliphatic rings. The fourth-order valence-electron chi connectivity index (χ4n) is 0.560. The predicted octanol–water partition coefficient (Wildman–Crippen LogP) is 0.835. The Balaban J connectivity index is 3.84. The third-order valence-corrected chi connectivity index (χ3v) is 1.21. The second-order valence-electron chi connectivity index (χ2n) is 2.29. The van der Waals surface area contributed by atoms with Crippen molar-refractivity contribution >= 4 is 17.7 Å². The first-order valence-corrected chi connectivity index (χ1v) is 3.89. The topological polar surface area (TPSA) is 60.4 Å². The maximum absolute atomic E-state index is 10.7. The summed E-state index contributed by atoms with van der Waals surface area (Å²) in [5.74, 6) is -2.35. The number of rotatable bonds is 4. The van der Waals surface area contributed by atoms with E-state index in [9.17, 15) is 14.4 Å². The van der Waals surface area contributed by atoms with Crippen molar-refractivity contribution in [1.82, 2.24) is 0 Å². The van der Waals surface area contributed by atoms with Gasteiger partial charge in [-0.15, -0.1) is 0 Å². The number of carbonyl (C=O) groups excluding carboxylic acids is 3. The summed E-state index contributed by atoms with van der Waals surface area (Å²) in [6, 6.07) is 0. The lowest BCUT2D eigenvalue weighted by Crippen LogP contribution is -2.20. The second-order valence-corrected chi connectivity index (χ2v) is 2.29. The number of hydrogen-bond donors (Lipinski definition) is 0. The molecule has 0 amide bonds. The van der Waals surface area contributed by atoms with E-state index in [1.165, 1.54) is 6.92 Å². The van der Waals surface area contributed by atoms with Crippen LogP contribution in [0.25, 0.3) is 0 Å². The van der Waals surface area contributed by atoms with Crippen molar-refractivity contribution < 1.29 is 19.1 Å². The molecule has 0 spiro atoms. The lowest BCUT2D eigenvalue weighted by Gasteiger charge is -1.98. The van der Waals surface area contributed by atoms with Gasteiger partial charge in [0.25, 0.3) is 0 Å². The Morgan fingerprint density at radius 3 is 2.17 bits per heavy atom. The van der Waals surface area contributed by atoms with E-state index in [1.54, 1.807) is 6.92 Å². The molecular weight excluding hydrogens is 160 g/mol. The van der Waals surface area contributed by atoms with Gasteiger partial charge in [-0.05, 0) is 6.42 Å². The predicted molar refractivity (Wildman–Crippen MR) is 41.3 cm³/mol.